The summed E-state index contributed by atoms with van der Waals surface area (Å²) in [6, 6.07) is 6.61. The molecule has 1 aliphatic heterocycles. The van der Waals surface area contributed by atoms with E-state index in [1.54, 1.807) is 25.1 Å². The van der Waals surface area contributed by atoms with E-state index in [2.05, 4.69) is 4.74 Å². The molecular weight excluding hydrogens is 308 g/mol. The van der Waals surface area contributed by atoms with E-state index >= 15 is 0 Å². The SMILES string of the molecule is COC(=O)CC1SC(C(C)c2ccccc2C(=O)O)OC1=O. The topological polar surface area (TPSA) is 89.9 Å². The summed E-state index contributed by atoms with van der Waals surface area (Å²) in [5.41, 5.74) is 0.254. The summed E-state index contributed by atoms with van der Waals surface area (Å²) in [6.45, 7) is 1.80. The van der Waals surface area contributed by atoms with Gasteiger partial charge in [0.1, 0.15) is 5.25 Å². The standard InChI is InChI=1S/C15H16O6S/c1-8(9-5-3-4-6-10(9)13(17)18)15-21-14(19)11(22-15)7-12(16)20-2/h3-6,8,11,15H,7H2,1-2H3,(H,17,18). The number of carbonyl (C=O) groups excluding carboxylic acids is 2. The molecule has 2 rings (SSSR count). The maximum Gasteiger partial charge on any atom is 0.335 e. The van der Waals surface area contributed by atoms with Crippen molar-refractivity contribution in [3.8, 4) is 0 Å². The summed E-state index contributed by atoms with van der Waals surface area (Å²) < 4.78 is 9.85. The fraction of sp³-hybridized carbons (Fsp3) is 0.400. The van der Waals surface area contributed by atoms with E-state index in [4.69, 9.17) is 4.74 Å². The molecule has 6 nitrogen and oxygen atoms in total. The van der Waals surface area contributed by atoms with Gasteiger partial charge in [0.05, 0.1) is 19.1 Å². The Morgan fingerprint density at radius 2 is 2.09 bits per heavy atom. The fourth-order valence-electron chi connectivity index (χ4n) is 2.26. The minimum absolute atomic E-state index is 0.0518. The van der Waals surface area contributed by atoms with Crippen LogP contribution in [-0.4, -0.2) is 40.8 Å². The van der Waals surface area contributed by atoms with Gasteiger partial charge in [0, 0.05) is 5.92 Å². The molecule has 0 bridgehead atoms. The van der Waals surface area contributed by atoms with Gasteiger partial charge >= 0.3 is 17.9 Å². The van der Waals surface area contributed by atoms with Gasteiger partial charge in [0.15, 0.2) is 5.44 Å². The van der Waals surface area contributed by atoms with Crippen LogP contribution in [0.25, 0.3) is 0 Å². The van der Waals surface area contributed by atoms with E-state index in [1.807, 2.05) is 0 Å². The lowest BCUT2D eigenvalue weighted by Crippen LogP contribution is -2.18. The van der Waals surface area contributed by atoms with Crippen LogP contribution in [0.2, 0.25) is 0 Å². The van der Waals surface area contributed by atoms with Crippen molar-refractivity contribution in [3.63, 3.8) is 0 Å². The molecule has 0 radical (unpaired) electrons. The van der Waals surface area contributed by atoms with E-state index in [-0.39, 0.29) is 17.9 Å². The Hall–Kier alpha value is -2.02. The highest BCUT2D eigenvalue weighted by Gasteiger charge is 2.40. The average molecular weight is 324 g/mol. The maximum absolute atomic E-state index is 11.8. The molecule has 0 aromatic heterocycles. The largest absolute Gasteiger partial charge is 0.478 e. The van der Waals surface area contributed by atoms with Gasteiger partial charge in [-0.3, -0.25) is 9.59 Å². The molecule has 3 unspecified atom stereocenters. The van der Waals surface area contributed by atoms with E-state index < -0.39 is 28.6 Å². The minimum Gasteiger partial charge on any atom is -0.478 e. The van der Waals surface area contributed by atoms with Crippen molar-refractivity contribution in [2.45, 2.75) is 29.9 Å². The first-order valence-electron chi connectivity index (χ1n) is 6.69. The Morgan fingerprint density at radius 1 is 1.41 bits per heavy atom. The number of thioether (sulfide) groups is 1. The van der Waals surface area contributed by atoms with Gasteiger partial charge in [-0.15, -0.1) is 11.8 Å². The molecule has 7 heteroatoms. The first-order valence-corrected chi connectivity index (χ1v) is 7.63. The molecule has 1 N–H and O–H groups in total. The van der Waals surface area contributed by atoms with Crippen LogP contribution in [0.15, 0.2) is 24.3 Å². The van der Waals surface area contributed by atoms with Crippen LogP contribution in [0.1, 0.15) is 35.2 Å². The predicted molar refractivity (Wildman–Crippen MR) is 79.7 cm³/mol. The first-order chi connectivity index (χ1) is 10.4. The van der Waals surface area contributed by atoms with Gasteiger partial charge < -0.3 is 14.6 Å². The summed E-state index contributed by atoms with van der Waals surface area (Å²) in [6.07, 6.45) is -0.0518. The Bertz CT molecular complexity index is 599. The van der Waals surface area contributed by atoms with Crippen LogP contribution in [0.3, 0.4) is 0 Å². The van der Waals surface area contributed by atoms with Crippen LogP contribution in [-0.2, 0) is 19.1 Å². The lowest BCUT2D eigenvalue weighted by molar-refractivity contribution is -0.147. The number of aromatic carboxylic acids is 1. The number of ether oxygens (including phenoxy) is 2. The molecule has 1 aliphatic rings. The van der Waals surface area contributed by atoms with Gasteiger partial charge in [0.25, 0.3) is 0 Å². The van der Waals surface area contributed by atoms with Crippen molar-refractivity contribution in [1.29, 1.82) is 0 Å². The van der Waals surface area contributed by atoms with Gasteiger partial charge in [-0.05, 0) is 11.6 Å². The van der Waals surface area contributed by atoms with Crippen LogP contribution in [0, 0.1) is 0 Å². The van der Waals surface area contributed by atoms with Gasteiger partial charge in [-0.2, -0.15) is 0 Å². The maximum atomic E-state index is 11.8. The van der Waals surface area contributed by atoms with E-state index in [0.717, 1.165) is 0 Å². The second-order valence-electron chi connectivity index (χ2n) is 4.89. The zero-order chi connectivity index (χ0) is 16.3. The number of benzene rings is 1. The van der Waals surface area contributed by atoms with Crippen LogP contribution < -0.4 is 0 Å². The second-order valence-corrected chi connectivity index (χ2v) is 6.20. The Balaban J connectivity index is 2.15. The van der Waals surface area contributed by atoms with Crippen molar-refractivity contribution in [2.75, 3.05) is 7.11 Å². The highest BCUT2D eigenvalue weighted by molar-refractivity contribution is 8.01. The number of carboxylic acids is 1. The summed E-state index contributed by atoms with van der Waals surface area (Å²) in [5.74, 6) is -2.28. The number of esters is 2. The van der Waals surface area contributed by atoms with E-state index in [9.17, 15) is 19.5 Å². The molecule has 22 heavy (non-hydrogen) atoms. The molecule has 0 saturated carbocycles. The molecule has 3 atom stereocenters. The number of cyclic esters (lactones) is 1. The van der Waals surface area contributed by atoms with Gasteiger partial charge in [-0.25, -0.2) is 4.79 Å². The molecular formula is C15H16O6S. The Kier molecular flexibility index (Phi) is 5.07. The Morgan fingerprint density at radius 3 is 2.73 bits per heavy atom. The normalized spacial score (nSPS) is 22.0. The van der Waals surface area contributed by atoms with Crippen LogP contribution in [0.4, 0.5) is 0 Å². The highest BCUT2D eigenvalue weighted by atomic mass is 32.2. The molecule has 0 amide bonds. The van der Waals surface area contributed by atoms with Crippen molar-refractivity contribution in [2.24, 2.45) is 0 Å². The number of hydrogen-bond donors (Lipinski definition) is 1. The van der Waals surface area contributed by atoms with E-state index in [0.29, 0.717) is 5.56 Å². The summed E-state index contributed by atoms with van der Waals surface area (Å²) in [5, 5.41) is 8.62. The smallest absolute Gasteiger partial charge is 0.335 e. The zero-order valence-corrected chi connectivity index (χ0v) is 13.0. The van der Waals surface area contributed by atoms with Crippen molar-refractivity contribution >= 4 is 29.7 Å². The molecule has 1 heterocycles. The average Bonchev–Trinajstić information content (AvgIpc) is 2.87. The van der Waals surface area contributed by atoms with Crippen LogP contribution in [0.5, 0.6) is 0 Å². The van der Waals surface area contributed by atoms with Crippen molar-refractivity contribution in [1.82, 2.24) is 0 Å². The molecule has 0 aliphatic carbocycles. The third-order valence-corrected chi connectivity index (χ3v) is 4.92. The van der Waals surface area contributed by atoms with Gasteiger partial charge in [-0.1, -0.05) is 25.1 Å². The third-order valence-electron chi connectivity index (χ3n) is 3.46. The number of carbonyl (C=O) groups is 3. The number of methoxy groups -OCH3 is 1. The summed E-state index contributed by atoms with van der Waals surface area (Å²) >= 11 is 1.22. The monoisotopic (exact) mass is 324 g/mol. The summed E-state index contributed by atoms with van der Waals surface area (Å²) in [7, 11) is 1.26. The van der Waals surface area contributed by atoms with Crippen molar-refractivity contribution < 1.29 is 29.0 Å². The lowest BCUT2D eigenvalue weighted by atomic mass is 9.96. The molecule has 0 spiro atoms. The third kappa shape index (κ3) is 3.41. The molecule has 1 aromatic rings. The second kappa shape index (κ2) is 6.83. The number of carboxylic acid groups (broad SMARTS) is 1. The molecule has 1 saturated heterocycles. The molecule has 1 aromatic carbocycles. The number of rotatable bonds is 5. The zero-order valence-electron chi connectivity index (χ0n) is 12.1. The summed E-state index contributed by atoms with van der Waals surface area (Å²) in [4.78, 5) is 34.4. The van der Waals surface area contributed by atoms with Crippen molar-refractivity contribution in [3.05, 3.63) is 35.4 Å². The minimum atomic E-state index is -1.03. The van der Waals surface area contributed by atoms with Crippen LogP contribution >= 0.6 is 11.8 Å². The number of hydrogen-bond acceptors (Lipinski definition) is 6. The first kappa shape index (κ1) is 16.4. The molecule has 1 fully saturated rings. The van der Waals surface area contributed by atoms with Gasteiger partial charge in [0.2, 0.25) is 0 Å². The quantitative estimate of drug-likeness (QED) is 0.829. The Labute approximate surface area is 131 Å². The fourth-order valence-corrected chi connectivity index (χ4v) is 3.51. The lowest BCUT2D eigenvalue weighted by Gasteiger charge is -2.19. The molecule has 118 valence electrons. The predicted octanol–water partition coefficient (Wildman–Crippen LogP) is 2.04. The highest BCUT2D eigenvalue weighted by Crippen LogP contribution is 2.40. The van der Waals surface area contributed by atoms with E-state index in [1.165, 1.54) is 24.9 Å².